The highest BCUT2D eigenvalue weighted by Crippen LogP contribution is 2.47. The Balaban J connectivity index is 1.18. The highest BCUT2D eigenvalue weighted by molar-refractivity contribution is 7.26. The van der Waals surface area contributed by atoms with Crippen LogP contribution in [0.3, 0.4) is 0 Å². The van der Waals surface area contributed by atoms with E-state index in [2.05, 4.69) is 193 Å². The molecule has 0 radical (unpaired) electrons. The van der Waals surface area contributed by atoms with E-state index in [4.69, 9.17) is 4.42 Å². The van der Waals surface area contributed by atoms with Gasteiger partial charge >= 0.3 is 0 Å². The normalized spacial score (nSPS) is 11.6. The molecule has 0 fully saturated rings. The van der Waals surface area contributed by atoms with Gasteiger partial charge in [-0.2, -0.15) is 0 Å². The number of hydrogen-bond acceptors (Lipinski definition) is 3. The summed E-state index contributed by atoms with van der Waals surface area (Å²) in [6, 6.07) is 72.3. The van der Waals surface area contributed by atoms with Crippen LogP contribution in [0.4, 0.5) is 17.1 Å². The summed E-state index contributed by atoms with van der Waals surface area (Å²) < 4.78 is 9.13. The van der Waals surface area contributed by atoms with Gasteiger partial charge in [0, 0.05) is 53.9 Å². The van der Waals surface area contributed by atoms with Crippen LogP contribution in [0.2, 0.25) is 0 Å². The summed E-state index contributed by atoms with van der Waals surface area (Å²) in [5.74, 6) is 0. The van der Waals surface area contributed by atoms with Crippen molar-refractivity contribution in [2.75, 3.05) is 4.90 Å². The van der Waals surface area contributed by atoms with Crippen molar-refractivity contribution in [3.8, 4) is 33.4 Å². The molecule has 0 aliphatic carbocycles. The zero-order valence-electron chi connectivity index (χ0n) is 29.8. The molecule has 11 rings (SSSR count). The number of nitrogens with zero attached hydrogens (tertiary/aromatic N) is 1. The maximum Gasteiger partial charge on any atom is 0.137 e. The van der Waals surface area contributed by atoms with Gasteiger partial charge < -0.3 is 9.32 Å². The van der Waals surface area contributed by atoms with Crippen molar-refractivity contribution in [3.63, 3.8) is 0 Å². The summed E-state index contributed by atoms with van der Waals surface area (Å²) in [6.07, 6.45) is 0. The Morgan fingerprint density at radius 1 is 0.364 bits per heavy atom. The van der Waals surface area contributed by atoms with E-state index in [0.717, 1.165) is 55.7 Å². The number of para-hydroxylation sites is 1. The van der Waals surface area contributed by atoms with Crippen molar-refractivity contribution in [3.05, 3.63) is 200 Å². The molecule has 0 amide bonds. The van der Waals surface area contributed by atoms with E-state index in [1.165, 1.54) is 47.6 Å². The highest BCUT2D eigenvalue weighted by atomic mass is 32.1. The summed E-state index contributed by atoms with van der Waals surface area (Å²) in [6.45, 7) is 0. The standard InChI is InChI=1S/C52H33NOS/c1-2-13-35(14-3-1)42-29-27-37(41-22-11-16-34-15-4-5-19-40(34)41)32-48(42)53(39-28-30-45-44-20-6-8-25-49(44)54-50(45)33-39)38-18-10-17-36(31-38)43-23-12-24-47-46-21-7-9-26-51(46)55-52(43)47/h1-33H. The molecule has 0 atom stereocenters. The third-order valence-corrected chi connectivity index (χ3v) is 12.1. The third-order valence-electron chi connectivity index (χ3n) is 10.9. The Hall–Kier alpha value is -6.94. The van der Waals surface area contributed by atoms with Gasteiger partial charge in [0.05, 0.1) is 5.69 Å². The second-order valence-electron chi connectivity index (χ2n) is 14.1. The van der Waals surface area contributed by atoms with Gasteiger partial charge in [-0.05, 0) is 81.1 Å². The molecule has 2 nitrogen and oxygen atoms in total. The Morgan fingerprint density at radius 3 is 1.95 bits per heavy atom. The first-order valence-electron chi connectivity index (χ1n) is 18.7. The number of furan rings is 1. The summed E-state index contributed by atoms with van der Waals surface area (Å²) in [4.78, 5) is 2.41. The van der Waals surface area contributed by atoms with E-state index >= 15 is 0 Å². The average molecular weight is 720 g/mol. The van der Waals surface area contributed by atoms with Crippen LogP contribution >= 0.6 is 11.3 Å². The van der Waals surface area contributed by atoms with Gasteiger partial charge in [-0.25, -0.2) is 0 Å². The quantitative estimate of drug-likeness (QED) is 0.170. The lowest BCUT2D eigenvalue weighted by Gasteiger charge is -2.29. The number of fused-ring (bicyclic) bond motifs is 7. The molecule has 55 heavy (non-hydrogen) atoms. The lowest BCUT2D eigenvalue weighted by molar-refractivity contribution is 0.669. The van der Waals surface area contributed by atoms with Crippen molar-refractivity contribution in [2.45, 2.75) is 0 Å². The molecule has 258 valence electrons. The van der Waals surface area contributed by atoms with Crippen LogP contribution in [-0.4, -0.2) is 0 Å². The molecule has 11 aromatic rings. The van der Waals surface area contributed by atoms with Gasteiger partial charge in [0.15, 0.2) is 0 Å². The fourth-order valence-electron chi connectivity index (χ4n) is 8.29. The van der Waals surface area contributed by atoms with Crippen LogP contribution in [0.15, 0.2) is 205 Å². The van der Waals surface area contributed by atoms with Gasteiger partial charge in [0.2, 0.25) is 0 Å². The highest BCUT2D eigenvalue weighted by Gasteiger charge is 2.21. The Morgan fingerprint density at radius 2 is 1.02 bits per heavy atom. The van der Waals surface area contributed by atoms with E-state index in [0.29, 0.717) is 0 Å². The van der Waals surface area contributed by atoms with Crippen molar-refractivity contribution >= 4 is 81.3 Å². The van der Waals surface area contributed by atoms with Gasteiger partial charge in [-0.3, -0.25) is 0 Å². The van der Waals surface area contributed by atoms with Crippen molar-refractivity contribution in [1.82, 2.24) is 0 Å². The van der Waals surface area contributed by atoms with Gasteiger partial charge in [0.25, 0.3) is 0 Å². The largest absolute Gasteiger partial charge is 0.456 e. The van der Waals surface area contributed by atoms with E-state index in [-0.39, 0.29) is 0 Å². The second kappa shape index (κ2) is 12.9. The molecular formula is C52H33NOS. The topological polar surface area (TPSA) is 16.4 Å². The SMILES string of the molecule is c1ccc(-c2ccc(-c3cccc4ccccc34)cc2N(c2cccc(-c3cccc4c3sc3ccccc34)c2)c2ccc3c(c2)oc2ccccc23)cc1. The van der Waals surface area contributed by atoms with E-state index in [1.807, 2.05) is 23.5 Å². The number of benzene rings is 9. The number of hydrogen-bond donors (Lipinski definition) is 0. The first-order chi connectivity index (χ1) is 27.3. The third kappa shape index (κ3) is 5.32. The zero-order chi connectivity index (χ0) is 36.3. The first kappa shape index (κ1) is 31.6. The smallest absolute Gasteiger partial charge is 0.137 e. The molecule has 0 unspecified atom stereocenters. The number of anilines is 3. The lowest BCUT2D eigenvalue weighted by Crippen LogP contribution is -2.11. The molecule has 3 heteroatoms. The van der Waals surface area contributed by atoms with E-state index in [9.17, 15) is 0 Å². The van der Waals surface area contributed by atoms with Gasteiger partial charge in [-0.15, -0.1) is 11.3 Å². The zero-order valence-corrected chi connectivity index (χ0v) is 30.6. The van der Waals surface area contributed by atoms with Crippen LogP contribution in [0, 0.1) is 0 Å². The average Bonchev–Trinajstić information content (AvgIpc) is 3.82. The Kier molecular flexibility index (Phi) is 7.39. The monoisotopic (exact) mass is 719 g/mol. The molecule has 0 N–H and O–H groups in total. The first-order valence-corrected chi connectivity index (χ1v) is 19.5. The van der Waals surface area contributed by atoms with Gasteiger partial charge in [-0.1, -0.05) is 152 Å². The molecule has 0 saturated heterocycles. The van der Waals surface area contributed by atoms with Crippen molar-refractivity contribution < 1.29 is 4.42 Å². The minimum atomic E-state index is 0.862. The minimum absolute atomic E-state index is 0.862. The molecular weight excluding hydrogens is 687 g/mol. The van der Waals surface area contributed by atoms with Crippen LogP contribution in [0.1, 0.15) is 0 Å². The molecule has 0 spiro atoms. The Bertz CT molecular complexity index is 3220. The van der Waals surface area contributed by atoms with Crippen LogP contribution < -0.4 is 4.90 Å². The molecule has 9 aromatic carbocycles. The maximum atomic E-state index is 6.52. The number of rotatable bonds is 6. The van der Waals surface area contributed by atoms with Crippen LogP contribution in [0.25, 0.3) is 86.3 Å². The molecule has 0 saturated carbocycles. The lowest BCUT2D eigenvalue weighted by atomic mass is 9.94. The van der Waals surface area contributed by atoms with Gasteiger partial charge in [0.1, 0.15) is 11.2 Å². The van der Waals surface area contributed by atoms with Crippen molar-refractivity contribution in [2.24, 2.45) is 0 Å². The summed E-state index contributed by atoms with van der Waals surface area (Å²) >= 11 is 1.87. The summed E-state index contributed by atoms with van der Waals surface area (Å²) in [5, 5.41) is 7.29. The Labute approximate surface area is 322 Å². The fraction of sp³-hybridized carbons (Fsp3) is 0. The van der Waals surface area contributed by atoms with E-state index < -0.39 is 0 Å². The predicted octanol–water partition coefficient (Wildman–Crippen LogP) is 15.6. The second-order valence-corrected chi connectivity index (χ2v) is 15.1. The van der Waals surface area contributed by atoms with Crippen LogP contribution in [0.5, 0.6) is 0 Å². The van der Waals surface area contributed by atoms with E-state index in [1.54, 1.807) is 0 Å². The maximum absolute atomic E-state index is 6.52. The molecule has 0 aliphatic rings. The fourth-order valence-corrected chi connectivity index (χ4v) is 9.53. The molecule has 0 aliphatic heterocycles. The van der Waals surface area contributed by atoms with Crippen LogP contribution in [-0.2, 0) is 0 Å². The summed E-state index contributed by atoms with van der Waals surface area (Å²) in [7, 11) is 0. The molecule has 2 heterocycles. The molecule has 2 aromatic heterocycles. The molecule has 0 bridgehead atoms. The number of thiophene rings is 1. The van der Waals surface area contributed by atoms with Crippen molar-refractivity contribution in [1.29, 1.82) is 0 Å². The minimum Gasteiger partial charge on any atom is -0.456 e. The predicted molar refractivity (Wildman–Crippen MR) is 235 cm³/mol. The summed E-state index contributed by atoms with van der Waals surface area (Å²) in [5.41, 5.74) is 12.0.